The number of ether oxygens (including phenoxy) is 1. The molecule has 1 aliphatic rings. The summed E-state index contributed by atoms with van der Waals surface area (Å²) in [6, 6.07) is 0. The minimum Gasteiger partial charge on any atom is -0.487 e. The van der Waals surface area contributed by atoms with Crippen molar-refractivity contribution in [1.82, 2.24) is 4.37 Å². The lowest BCUT2D eigenvalue weighted by atomic mass is 9.79. The Labute approximate surface area is 118 Å². The van der Waals surface area contributed by atoms with Crippen molar-refractivity contribution in [2.24, 2.45) is 5.92 Å². The van der Waals surface area contributed by atoms with Crippen molar-refractivity contribution < 1.29 is 9.84 Å². The van der Waals surface area contributed by atoms with Gasteiger partial charge < -0.3 is 20.9 Å². The number of rotatable bonds is 5. The Balaban J connectivity index is 1.95. The van der Waals surface area contributed by atoms with Crippen LogP contribution in [0.25, 0.3) is 0 Å². The van der Waals surface area contributed by atoms with E-state index in [1.54, 1.807) is 0 Å². The number of nitrogens with zero attached hydrogens (tertiary/aromatic N) is 1. The van der Waals surface area contributed by atoms with Crippen molar-refractivity contribution >= 4 is 22.4 Å². The number of anilines is 2. The molecule has 19 heavy (non-hydrogen) atoms. The van der Waals surface area contributed by atoms with E-state index >= 15 is 0 Å². The first-order valence-electron chi connectivity index (χ1n) is 6.88. The lowest BCUT2D eigenvalue weighted by molar-refractivity contribution is 0.00504. The number of hydrogen-bond donors (Lipinski definition) is 3. The summed E-state index contributed by atoms with van der Waals surface area (Å²) < 4.78 is 9.56. The molecule has 0 unspecified atom stereocenters. The summed E-state index contributed by atoms with van der Waals surface area (Å²) in [5, 5.41) is 14.6. The molecule has 0 bridgehead atoms. The van der Waals surface area contributed by atoms with E-state index in [2.05, 4.69) is 16.6 Å². The Kier molecular flexibility index (Phi) is 4.52. The summed E-state index contributed by atoms with van der Waals surface area (Å²) in [6.07, 6.45) is 3.86. The highest BCUT2D eigenvalue weighted by Gasteiger charge is 2.32. The topological polar surface area (TPSA) is 80.4 Å². The third-order valence-corrected chi connectivity index (χ3v) is 4.55. The highest BCUT2D eigenvalue weighted by Crippen LogP contribution is 2.37. The van der Waals surface area contributed by atoms with Gasteiger partial charge in [-0.25, -0.2) is 0 Å². The summed E-state index contributed by atoms with van der Waals surface area (Å²) >= 11 is 1.28. The molecule has 0 spiro atoms. The van der Waals surface area contributed by atoms with Gasteiger partial charge in [0.25, 0.3) is 0 Å². The molecule has 0 amide bonds. The van der Waals surface area contributed by atoms with E-state index in [0.717, 1.165) is 36.6 Å². The van der Waals surface area contributed by atoms with Crippen LogP contribution < -0.4 is 15.8 Å². The Morgan fingerprint density at radius 1 is 1.53 bits per heavy atom. The molecule has 6 heteroatoms. The molecule has 1 fully saturated rings. The van der Waals surface area contributed by atoms with Gasteiger partial charge in [-0.2, -0.15) is 4.37 Å². The van der Waals surface area contributed by atoms with Crippen LogP contribution in [0.15, 0.2) is 0 Å². The van der Waals surface area contributed by atoms with Crippen molar-refractivity contribution in [3.63, 3.8) is 0 Å². The SMILES string of the molecule is CCOc1c(N)nsc1NCC1(O)CCC(C)CC1. The Hall–Kier alpha value is -1.01. The standard InChI is InChI=1S/C13H23N3O2S/c1-3-18-10-11(14)16-19-12(10)15-8-13(17)6-4-9(2)5-7-13/h9,15,17H,3-8H2,1-2H3,(H2,14,16). The fourth-order valence-corrected chi connectivity index (χ4v) is 3.07. The first kappa shape index (κ1) is 14.4. The van der Waals surface area contributed by atoms with Gasteiger partial charge in [0.05, 0.1) is 12.2 Å². The molecule has 1 aliphatic carbocycles. The van der Waals surface area contributed by atoms with E-state index in [1.807, 2.05) is 6.92 Å². The van der Waals surface area contributed by atoms with Gasteiger partial charge in [0.15, 0.2) is 16.6 Å². The fraction of sp³-hybridized carbons (Fsp3) is 0.769. The third-order valence-electron chi connectivity index (χ3n) is 3.75. The van der Waals surface area contributed by atoms with Gasteiger partial charge in [0.1, 0.15) is 0 Å². The second kappa shape index (κ2) is 5.96. The summed E-state index contributed by atoms with van der Waals surface area (Å²) in [6.45, 7) is 5.24. The van der Waals surface area contributed by atoms with E-state index in [9.17, 15) is 5.11 Å². The average Bonchev–Trinajstić information content (AvgIpc) is 2.74. The van der Waals surface area contributed by atoms with Crippen LogP contribution in [0.2, 0.25) is 0 Å². The molecule has 0 atom stereocenters. The maximum Gasteiger partial charge on any atom is 0.197 e. The van der Waals surface area contributed by atoms with Crippen LogP contribution in [0.5, 0.6) is 5.75 Å². The predicted molar refractivity (Wildman–Crippen MR) is 78.8 cm³/mol. The summed E-state index contributed by atoms with van der Waals surface area (Å²) in [5.74, 6) is 1.75. The molecule has 2 rings (SSSR count). The Morgan fingerprint density at radius 3 is 2.84 bits per heavy atom. The zero-order valence-corrected chi connectivity index (χ0v) is 12.4. The lowest BCUT2D eigenvalue weighted by Crippen LogP contribution is -2.40. The van der Waals surface area contributed by atoms with Crippen molar-refractivity contribution in [2.45, 2.75) is 45.1 Å². The number of aromatic nitrogens is 1. The molecule has 1 heterocycles. The number of nitrogens with one attached hydrogen (secondary N) is 1. The minimum atomic E-state index is -0.616. The normalized spacial score (nSPS) is 27.2. The van der Waals surface area contributed by atoms with E-state index in [-0.39, 0.29) is 0 Å². The fourth-order valence-electron chi connectivity index (χ4n) is 2.41. The number of aliphatic hydroxyl groups is 1. The van der Waals surface area contributed by atoms with Crippen LogP contribution in [-0.2, 0) is 0 Å². The summed E-state index contributed by atoms with van der Waals surface area (Å²) in [5.41, 5.74) is 5.14. The minimum absolute atomic E-state index is 0.415. The van der Waals surface area contributed by atoms with E-state index in [4.69, 9.17) is 10.5 Å². The molecule has 1 aromatic heterocycles. The van der Waals surface area contributed by atoms with E-state index in [1.165, 1.54) is 11.5 Å². The first-order valence-corrected chi connectivity index (χ1v) is 7.65. The summed E-state index contributed by atoms with van der Waals surface area (Å²) in [4.78, 5) is 0. The molecule has 4 N–H and O–H groups in total. The van der Waals surface area contributed by atoms with Crippen LogP contribution in [0.1, 0.15) is 39.5 Å². The highest BCUT2D eigenvalue weighted by molar-refractivity contribution is 7.11. The van der Waals surface area contributed by atoms with Crippen molar-refractivity contribution in [3.8, 4) is 5.75 Å². The molecular formula is C13H23N3O2S. The smallest absolute Gasteiger partial charge is 0.197 e. The van der Waals surface area contributed by atoms with Gasteiger partial charge in [0, 0.05) is 6.54 Å². The average molecular weight is 285 g/mol. The van der Waals surface area contributed by atoms with E-state index < -0.39 is 5.60 Å². The number of nitrogen functional groups attached to an aromatic ring is 1. The molecular weight excluding hydrogens is 262 g/mol. The number of nitrogens with two attached hydrogens (primary N) is 1. The zero-order chi connectivity index (χ0) is 13.9. The Morgan fingerprint density at radius 2 is 2.21 bits per heavy atom. The van der Waals surface area contributed by atoms with Crippen LogP contribution in [0.3, 0.4) is 0 Å². The first-order chi connectivity index (χ1) is 9.04. The molecule has 1 saturated carbocycles. The maximum absolute atomic E-state index is 10.5. The second-order valence-electron chi connectivity index (χ2n) is 5.42. The molecule has 108 valence electrons. The van der Waals surface area contributed by atoms with Crippen molar-refractivity contribution in [3.05, 3.63) is 0 Å². The molecule has 0 aromatic carbocycles. The highest BCUT2D eigenvalue weighted by atomic mass is 32.1. The molecule has 0 saturated heterocycles. The van der Waals surface area contributed by atoms with Crippen LogP contribution in [0, 0.1) is 5.92 Å². The molecule has 0 aliphatic heterocycles. The lowest BCUT2D eigenvalue weighted by Gasteiger charge is -2.35. The van der Waals surface area contributed by atoms with Crippen molar-refractivity contribution in [2.75, 3.05) is 24.2 Å². The second-order valence-corrected chi connectivity index (χ2v) is 6.19. The van der Waals surface area contributed by atoms with Gasteiger partial charge in [-0.05, 0) is 50.1 Å². The predicted octanol–water partition coefficient (Wildman–Crippen LogP) is 2.48. The van der Waals surface area contributed by atoms with Gasteiger partial charge in [-0.15, -0.1) is 0 Å². The maximum atomic E-state index is 10.5. The van der Waals surface area contributed by atoms with Gasteiger partial charge in [0.2, 0.25) is 0 Å². The summed E-state index contributed by atoms with van der Waals surface area (Å²) in [7, 11) is 0. The van der Waals surface area contributed by atoms with Crippen LogP contribution in [-0.4, -0.2) is 28.2 Å². The van der Waals surface area contributed by atoms with Gasteiger partial charge in [-0.3, -0.25) is 0 Å². The van der Waals surface area contributed by atoms with Gasteiger partial charge in [-0.1, -0.05) is 6.92 Å². The zero-order valence-electron chi connectivity index (χ0n) is 11.6. The van der Waals surface area contributed by atoms with Crippen LogP contribution >= 0.6 is 11.5 Å². The monoisotopic (exact) mass is 285 g/mol. The van der Waals surface area contributed by atoms with E-state index in [0.29, 0.717) is 24.7 Å². The van der Waals surface area contributed by atoms with Crippen molar-refractivity contribution in [1.29, 1.82) is 0 Å². The number of hydrogen-bond acceptors (Lipinski definition) is 6. The third kappa shape index (κ3) is 3.51. The quantitative estimate of drug-likeness (QED) is 0.774. The largest absolute Gasteiger partial charge is 0.487 e. The molecule has 1 aromatic rings. The van der Waals surface area contributed by atoms with Gasteiger partial charge >= 0.3 is 0 Å². The molecule has 5 nitrogen and oxygen atoms in total. The van der Waals surface area contributed by atoms with Crippen LogP contribution in [0.4, 0.5) is 10.8 Å². The molecule has 0 radical (unpaired) electrons. The Bertz CT molecular complexity index is 414.